The zero-order valence-electron chi connectivity index (χ0n) is 9.92. The molecule has 0 amide bonds. The van der Waals surface area contributed by atoms with Crippen LogP contribution < -0.4 is 5.73 Å². The standard InChI is InChI=1S/C12H18ClNOS/c1-12(2,15-3)6-7-16-9-4-5-11(14)10(13)8-9/h4-5,8H,6-7,14H2,1-3H3. The van der Waals surface area contributed by atoms with Crippen molar-refractivity contribution in [3.05, 3.63) is 23.2 Å². The molecule has 0 aliphatic heterocycles. The minimum Gasteiger partial charge on any atom is -0.398 e. The Labute approximate surface area is 107 Å². The molecule has 0 bridgehead atoms. The second kappa shape index (κ2) is 5.80. The van der Waals surface area contributed by atoms with Crippen LogP contribution in [0, 0.1) is 0 Å². The Kier molecular flexibility index (Phi) is 4.96. The summed E-state index contributed by atoms with van der Waals surface area (Å²) >= 11 is 7.71. The molecule has 2 N–H and O–H groups in total. The summed E-state index contributed by atoms with van der Waals surface area (Å²) in [5, 5.41) is 0.621. The number of nitrogens with two attached hydrogens (primary N) is 1. The van der Waals surface area contributed by atoms with Gasteiger partial charge in [0.15, 0.2) is 0 Å². The number of hydrogen-bond donors (Lipinski definition) is 1. The number of methoxy groups -OCH3 is 1. The third-order valence-electron chi connectivity index (χ3n) is 2.50. The third-order valence-corrected chi connectivity index (χ3v) is 3.82. The summed E-state index contributed by atoms with van der Waals surface area (Å²) in [6, 6.07) is 5.74. The zero-order valence-corrected chi connectivity index (χ0v) is 11.5. The maximum absolute atomic E-state index is 5.95. The first-order valence-corrected chi connectivity index (χ1v) is 6.54. The van der Waals surface area contributed by atoms with E-state index in [1.807, 2.05) is 18.2 Å². The summed E-state index contributed by atoms with van der Waals surface area (Å²) in [7, 11) is 1.74. The number of benzene rings is 1. The lowest BCUT2D eigenvalue weighted by Crippen LogP contribution is -2.22. The summed E-state index contributed by atoms with van der Waals surface area (Å²) < 4.78 is 5.36. The Morgan fingerprint density at radius 2 is 2.12 bits per heavy atom. The van der Waals surface area contributed by atoms with Crippen LogP contribution in [0.2, 0.25) is 5.02 Å². The van der Waals surface area contributed by atoms with Gasteiger partial charge in [0, 0.05) is 17.8 Å². The molecule has 0 aliphatic carbocycles. The maximum Gasteiger partial charge on any atom is 0.0646 e. The fourth-order valence-electron chi connectivity index (χ4n) is 1.11. The largest absolute Gasteiger partial charge is 0.398 e. The number of rotatable bonds is 5. The molecule has 90 valence electrons. The Bertz CT molecular complexity index is 355. The number of anilines is 1. The quantitative estimate of drug-likeness (QED) is 0.645. The van der Waals surface area contributed by atoms with E-state index in [9.17, 15) is 0 Å². The molecule has 1 aromatic carbocycles. The van der Waals surface area contributed by atoms with Crippen molar-refractivity contribution in [3.63, 3.8) is 0 Å². The van der Waals surface area contributed by atoms with Gasteiger partial charge >= 0.3 is 0 Å². The van der Waals surface area contributed by atoms with Crippen LogP contribution >= 0.6 is 23.4 Å². The second-order valence-corrected chi connectivity index (χ2v) is 5.82. The highest BCUT2D eigenvalue weighted by Gasteiger charge is 2.15. The number of thioether (sulfide) groups is 1. The number of ether oxygens (including phenoxy) is 1. The molecule has 1 aromatic rings. The lowest BCUT2D eigenvalue weighted by Gasteiger charge is -2.22. The van der Waals surface area contributed by atoms with Gasteiger partial charge in [0.25, 0.3) is 0 Å². The number of halogens is 1. The number of nitrogen functional groups attached to an aromatic ring is 1. The van der Waals surface area contributed by atoms with E-state index in [-0.39, 0.29) is 5.60 Å². The van der Waals surface area contributed by atoms with Gasteiger partial charge < -0.3 is 10.5 Å². The van der Waals surface area contributed by atoms with Gasteiger partial charge in [0.1, 0.15) is 0 Å². The first-order chi connectivity index (χ1) is 7.44. The minimum atomic E-state index is -0.0649. The van der Waals surface area contributed by atoms with Gasteiger partial charge in [0.05, 0.1) is 16.3 Å². The van der Waals surface area contributed by atoms with Gasteiger partial charge in [-0.25, -0.2) is 0 Å². The van der Waals surface area contributed by atoms with Crippen molar-refractivity contribution in [2.24, 2.45) is 0 Å². The predicted molar refractivity (Wildman–Crippen MR) is 72.3 cm³/mol. The van der Waals surface area contributed by atoms with Gasteiger partial charge in [-0.1, -0.05) is 11.6 Å². The van der Waals surface area contributed by atoms with Crippen LogP contribution in [0.15, 0.2) is 23.1 Å². The highest BCUT2D eigenvalue weighted by Crippen LogP contribution is 2.28. The maximum atomic E-state index is 5.95. The Balaban J connectivity index is 2.46. The molecule has 1 rings (SSSR count). The molecule has 16 heavy (non-hydrogen) atoms. The molecular weight excluding hydrogens is 242 g/mol. The highest BCUT2D eigenvalue weighted by molar-refractivity contribution is 7.99. The molecule has 0 saturated heterocycles. The van der Waals surface area contributed by atoms with E-state index in [2.05, 4.69) is 13.8 Å². The van der Waals surface area contributed by atoms with Gasteiger partial charge in [-0.05, 0) is 38.5 Å². The number of hydrogen-bond acceptors (Lipinski definition) is 3. The van der Waals surface area contributed by atoms with E-state index in [1.54, 1.807) is 18.9 Å². The van der Waals surface area contributed by atoms with Crippen molar-refractivity contribution >= 4 is 29.1 Å². The van der Waals surface area contributed by atoms with Crippen LogP contribution in [0.25, 0.3) is 0 Å². The molecule has 0 fully saturated rings. The van der Waals surface area contributed by atoms with E-state index in [4.69, 9.17) is 22.1 Å². The fourth-order valence-corrected chi connectivity index (χ4v) is 2.55. The SMILES string of the molecule is COC(C)(C)CCSc1ccc(N)c(Cl)c1. The molecule has 0 aliphatic rings. The zero-order chi connectivity index (χ0) is 12.2. The Hall–Kier alpha value is -0.380. The summed E-state index contributed by atoms with van der Waals surface area (Å²) in [6.45, 7) is 4.17. The summed E-state index contributed by atoms with van der Waals surface area (Å²) in [5.74, 6) is 1.00. The van der Waals surface area contributed by atoms with Crippen molar-refractivity contribution in [1.29, 1.82) is 0 Å². The van der Waals surface area contributed by atoms with Crippen LogP contribution in [0.4, 0.5) is 5.69 Å². The molecule has 0 atom stereocenters. The molecule has 0 spiro atoms. The summed E-state index contributed by atoms with van der Waals surface area (Å²) in [5.41, 5.74) is 6.21. The van der Waals surface area contributed by atoms with Crippen molar-refractivity contribution in [1.82, 2.24) is 0 Å². The molecule has 0 saturated carbocycles. The molecular formula is C12H18ClNOS. The third kappa shape index (κ3) is 4.24. The molecule has 4 heteroatoms. The van der Waals surface area contributed by atoms with Gasteiger partial charge in [0.2, 0.25) is 0 Å². The average molecular weight is 260 g/mol. The van der Waals surface area contributed by atoms with E-state index >= 15 is 0 Å². The minimum absolute atomic E-state index is 0.0649. The molecule has 0 unspecified atom stereocenters. The molecule has 0 heterocycles. The Morgan fingerprint density at radius 3 is 2.69 bits per heavy atom. The Morgan fingerprint density at radius 1 is 1.44 bits per heavy atom. The van der Waals surface area contributed by atoms with Crippen LogP contribution in [0.5, 0.6) is 0 Å². The van der Waals surface area contributed by atoms with Crippen LogP contribution in [0.1, 0.15) is 20.3 Å². The predicted octanol–water partition coefficient (Wildman–Crippen LogP) is 3.83. The van der Waals surface area contributed by atoms with Crippen molar-refractivity contribution < 1.29 is 4.74 Å². The average Bonchev–Trinajstić information content (AvgIpc) is 2.23. The smallest absolute Gasteiger partial charge is 0.0646 e. The molecule has 0 aromatic heterocycles. The van der Waals surface area contributed by atoms with Crippen molar-refractivity contribution in [2.75, 3.05) is 18.6 Å². The first kappa shape index (κ1) is 13.7. The highest BCUT2D eigenvalue weighted by atomic mass is 35.5. The van der Waals surface area contributed by atoms with Crippen LogP contribution in [0.3, 0.4) is 0 Å². The van der Waals surface area contributed by atoms with E-state index in [0.29, 0.717) is 10.7 Å². The van der Waals surface area contributed by atoms with Gasteiger partial charge in [-0.2, -0.15) is 0 Å². The van der Waals surface area contributed by atoms with Crippen molar-refractivity contribution in [3.8, 4) is 0 Å². The van der Waals surface area contributed by atoms with Gasteiger partial charge in [-0.3, -0.25) is 0 Å². The lowest BCUT2D eigenvalue weighted by molar-refractivity contribution is 0.0207. The first-order valence-electron chi connectivity index (χ1n) is 5.17. The normalized spacial score (nSPS) is 11.8. The fraction of sp³-hybridized carbons (Fsp3) is 0.500. The van der Waals surface area contributed by atoms with Crippen LogP contribution in [-0.2, 0) is 4.74 Å². The molecule has 0 radical (unpaired) electrons. The summed E-state index contributed by atoms with van der Waals surface area (Å²) in [6.07, 6.45) is 0.996. The van der Waals surface area contributed by atoms with E-state index in [1.165, 1.54) is 0 Å². The molecule has 2 nitrogen and oxygen atoms in total. The van der Waals surface area contributed by atoms with Crippen LogP contribution in [-0.4, -0.2) is 18.5 Å². The van der Waals surface area contributed by atoms with E-state index < -0.39 is 0 Å². The topological polar surface area (TPSA) is 35.2 Å². The van der Waals surface area contributed by atoms with Crippen molar-refractivity contribution in [2.45, 2.75) is 30.8 Å². The lowest BCUT2D eigenvalue weighted by atomic mass is 10.1. The summed E-state index contributed by atoms with van der Waals surface area (Å²) in [4.78, 5) is 1.14. The van der Waals surface area contributed by atoms with Gasteiger partial charge in [-0.15, -0.1) is 11.8 Å². The second-order valence-electron chi connectivity index (χ2n) is 4.25. The van der Waals surface area contributed by atoms with E-state index in [0.717, 1.165) is 17.1 Å². The monoisotopic (exact) mass is 259 g/mol.